The van der Waals surface area contributed by atoms with Gasteiger partial charge in [-0.15, -0.1) is 0 Å². The number of H-pyrrole nitrogens is 1. The number of carbonyl (C=O) groups excluding carboxylic acids is 1. The molecular weight excluding hydrogens is 316 g/mol. The predicted octanol–water partition coefficient (Wildman–Crippen LogP) is 2.34. The molecule has 1 aliphatic rings. The quantitative estimate of drug-likeness (QED) is 0.767. The SMILES string of the molecule is O=C(NCc1cccc(-c2ncn[nH]2)c1)C1COc2ccccc2C1. The molecule has 1 amide bonds. The predicted molar refractivity (Wildman–Crippen MR) is 92.8 cm³/mol. The Morgan fingerprint density at radius 1 is 1.24 bits per heavy atom. The Bertz CT molecular complexity index is 877. The summed E-state index contributed by atoms with van der Waals surface area (Å²) in [5, 5.41) is 9.71. The first kappa shape index (κ1) is 15.4. The van der Waals surface area contributed by atoms with Crippen LogP contribution in [0.2, 0.25) is 0 Å². The van der Waals surface area contributed by atoms with Crippen LogP contribution in [-0.4, -0.2) is 27.7 Å². The molecule has 126 valence electrons. The summed E-state index contributed by atoms with van der Waals surface area (Å²) >= 11 is 0. The van der Waals surface area contributed by atoms with Crippen molar-refractivity contribution in [3.63, 3.8) is 0 Å². The van der Waals surface area contributed by atoms with Gasteiger partial charge in [-0.05, 0) is 29.7 Å². The van der Waals surface area contributed by atoms with Crippen LogP contribution >= 0.6 is 0 Å². The lowest BCUT2D eigenvalue weighted by atomic mass is 9.96. The van der Waals surface area contributed by atoms with Crippen LogP contribution < -0.4 is 10.1 Å². The lowest BCUT2D eigenvalue weighted by molar-refractivity contribution is -0.126. The third kappa shape index (κ3) is 3.38. The fourth-order valence-electron chi connectivity index (χ4n) is 3.00. The lowest BCUT2D eigenvalue weighted by Gasteiger charge is -2.24. The fraction of sp³-hybridized carbons (Fsp3) is 0.211. The van der Waals surface area contributed by atoms with Crippen LogP contribution in [-0.2, 0) is 17.8 Å². The Labute approximate surface area is 145 Å². The van der Waals surface area contributed by atoms with Gasteiger partial charge in [0.1, 0.15) is 18.7 Å². The number of hydrogen-bond acceptors (Lipinski definition) is 4. The third-order valence-electron chi connectivity index (χ3n) is 4.33. The van der Waals surface area contributed by atoms with Crippen molar-refractivity contribution in [3.8, 4) is 17.1 Å². The van der Waals surface area contributed by atoms with Crippen molar-refractivity contribution in [2.24, 2.45) is 5.92 Å². The maximum atomic E-state index is 12.5. The summed E-state index contributed by atoms with van der Waals surface area (Å²) in [4.78, 5) is 16.6. The van der Waals surface area contributed by atoms with E-state index in [4.69, 9.17) is 4.74 Å². The second-order valence-corrected chi connectivity index (χ2v) is 6.07. The highest BCUT2D eigenvalue weighted by Crippen LogP contribution is 2.26. The summed E-state index contributed by atoms with van der Waals surface area (Å²) in [6.07, 6.45) is 2.19. The second kappa shape index (κ2) is 6.76. The molecule has 3 aromatic rings. The zero-order valence-corrected chi connectivity index (χ0v) is 13.6. The van der Waals surface area contributed by atoms with Gasteiger partial charge in [-0.25, -0.2) is 4.98 Å². The Morgan fingerprint density at radius 3 is 3.04 bits per heavy atom. The molecule has 1 unspecified atom stereocenters. The molecular formula is C19H18N4O2. The highest BCUT2D eigenvalue weighted by Gasteiger charge is 2.25. The Hall–Kier alpha value is -3.15. The van der Waals surface area contributed by atoms with Gasteiger partial charge < -0.3 is 10.1 Å². The Balaban J connectivity index is 1.39. The molecule has 2 aromatic carbocycles. The highest BCUT2D eigenvalue weighted by atomic mass is 16.5. The van der Waals surface area contributed by atoms with Gasteiger partial charge >= 0.3 is 0 Å². The van der Waals surface area contributed by atoms with Gasteiger partial charge in [0.25, 0.3) is 0 Å². The number of nitrogens with zero attached hydrogens (tertiary/aromatic N) is 2. The summed E-state index contributed by atoms with van der Waals surface area (Å²) in [5.41, 5.74) is 3.04. The minimum absolute atomic E-state index is 0.0135. The average Bonchev–Trinajstić information content (AvgIpc) is 3.21. The highest BCUT2D eigenvalue weighted by molar-refractivity contribution is 5.79. The molecule has 6 nitrogen and oxygen atoms in total. The molecule has 0 saturated carbocycles. The van der Waals surface area contributed by atoms with Gasteiger partial charge in [0.2, 0.25) is 5.91 Å². The number of carbonyl (C=O) groups is 1. The topological polar surface area (TPSA) is 79.9 Å². The molecule has 0 bridgehead atoms. The van der Waals surface area contributed by atoms with E-state index in [0.717, 1.165) is 22.4 Å². The van der Waals surface area contributed by atoms with Crippen LogP contribution in [0.4, 0.5) is 0 Å². The standard InChI is InChI=1S/C19H18N4O2/c24-19(16-9-14-5-1-2-7-17(14)25-11-16)20-10-13-4-3-6-15(8-13)18-21-12-22-23-18/h1-8,12,16H,9-11H2,(H,20,24)(H,21,22,23). The van der Waals surface area contributed by atoms with Gasteiger partial charge in [0.15, 0.2) is 5.82 Å². The molecule has 0 radical (unpaired) electrons. The van der Waals surface area contributed by atoms with E-state index in [0.29, 0.717) is 25.4 Å². The summed E-state index contributed by atoms with van der Waals surface area (Å²) < 4.78 is 5.70. The molecule has 4 rings (SSSR count). The molecule has 0 fully saturated rings. The van der Waals surface area contributed by atoms with Crippen LogP contribution in [0.25, 0.3) is 11.4 Å². The first-order chi connectivity index (χ1) is 12.3. The van der Waals surface area contributed by atoms with Crippen LogP contribution in [0.3, 0.4) is 0 Å². The molecule has 25 heavy (non-hydrogen) atoms. The van der Waals surface area contributed by atoms with Gasteiger partial charge in [-0.1, -0.05) is 36.4 Å². The first-order valence-electron chi connectivity index (χ1n) is 8.23. The second-order valence-electron chi connectivity index (χ2n) is 6.07. The van der Waals surface area contributed by atoms with E-state index in [9.17, 15) is 4.79 Å². The lowest BCUT2D eigenvalue weighted by Crippen LogP contribution is -2.37. The number of hydrogen-bond donors (Lipinski definition) is 2. The number of amides is 1. The number of aromatic nitrogens is 3. The number of para-hydroxylation sites is 1. The summed E-state index contributed by atoms with van der Waals surface area (Å²) in [6, 6.07) is 15.7. The van der Waals surface area contributed by atoms with E-state index < -0.39 is 0 Å². The smallest absolute Gasteiger partial charge is 0.227 e. The molecule has 0 saturated heterocycles. The number of ether oxygens (including phenoxy) is 1. The summed E-state index contributed by atoms with van der Waals surface area (Å²) in [6.45, 7) is 0.889. The third-order valence-corrected chi connectivity index (χ3v) is 4.33. The number of nitrogens with one attached hydrogen (secondary N) is 2. The molecule has 0 spiro atoms. The van der Waals surface area contributed by atoms with Crippen LogP contribution in [0.1, 0.15) is 11.1 Å². The Morgan fingerprint density at radius 2 is 2.16 bits per heavy atom. The van der Waals surface area contributed by atoms with E-state index in [1.165, 1.54) is 6.33 Å². The van der Waals surface area contributed by atoms with Crippen LogP contribution in [0.15, 0.2) is 54.9 Å². The largest absolute Gasteiger partial charge is 0.492 e. The van der Waals surface area contributed by atoms with Crippen molar-refractivity contribution in [3.05, 3.63) is 66.0 Å². The van der Waals surface area contributed by atoms with Gasteiger partial charge in [0, 0.05) is 12.1 Å². The number of fused-ring (bicyclic) bond motifs is 1. The minimum atomic E-state index is -0.160. The molecule has 1 atom stereocenters. The van der Waals surface area contributed by atoms with E-state index in [1.54, 1.807) is 0 Å². The number of benzene rings is 2. The maximum Gasteiger partial charge on any atom is 0.227 e. The molecule has 6 heteroatoms. The van der Waals surface area contributed by atoms with Crippen molar-refractivity contribution < 1.29 is 9.53 Å². The maximum absolute atomic E-state index is 12.5. The Kier molecular flexibility index (Phi) is 4.16. The van der Waals surface area contributed by atoms with Crippen LogP contribution in [0, 0.1) is 5.92 Å². The van der Waals surface area contributed by atoms with Crippen molar-refractivity contribution in [2.45, 2.75) is 13.0 Å². The zero-order valence-electron chi connectivity index (χ0n) is 13.6. The first-order valence-corrected chi connectivity index (χ1v) is 8.23. The number of rotatable bonds is 4. The van der Waals surface area contributed by atoms with Crippen molar-refractivity contribution in [1.82, 2.24) is 20.5 Å². The van der Waals surface area contributed by atoms with Crippen LogP contribution in [0.5, 0.6) is 5.75 Å². The van der Waals surface area contributed by atoms with E-state index >= 15 is 0 Å². The summed E-state index contributed by atoms with van der Waals surface area (Å²) in [5.74, 6) is 1.45. The summed E-state index contributed by atoms with van der Waals surface area (Å²) in [7, 11) is 0. The molecule has 2 N–H and O–H groups in total. The normalized spacial score (nSPS) is 15.9. The van der Waals surface area contributed by atoms with E-state index in [2.05, 4.69) is 20.5 Å². The molecule has 0 aliphatic carbocycles. The van der Waals surface area contributed by atoms with Crippen molar-refractivity contribution in [2.75, 3.05) is 6.61 Å². The van der Waals surface area contributed by atoms with E-state index in [1.807, 2.05) is 48.5 Å². The molecule has 1 aromatic heterocycles. The van der Waals surface area contributed by atoms with Crippen molar-refractivity contribution >= 4 is 5.91 Å². The number of aromatic amines is 1. The monoisotopic (exact) mass is 334 g/mol. The zero-order chi connectivity index (χ0) is 17.1. The van der Waals surface area contributed by atoms with Gasteiger partial charge in [-0.2, -0.15) is 5.10 Å². The fourth-order valence-corrected chi connectivity index (χ4v) is 3.00. The van der Waals surface area contributed by atoms with E-state index in [-0.39, 0.29) is 11.8 Å². The average molecular weight is 334 g/mol. The molecule has 1 aliphatic heterocycles. The van der Waals surface area contributed by atoms with Gasteiger partial charge in [0.05, 0.1) is 5.92 Å². The molecule has 2 heterocycles. The minimum Gasteiger partial charge on any atom is -0.492 e. The van der Waals surface area contributed by atoms with Crippen molar-refractivity contribution in [1.29, 1.82) is 0 Å². The van der Waals surface area contributed by atoms with Gasteiger partial charge in [-0.3, -0.25) is 9.89 Å².